The number of amides is 1. The van der Waals surface area contributed by atoms with Gasteiger partial charge in [-0.25, -0.2) is 0 Å². The minimum atomic E-state index is -0.00803. The number of nitrogens with one attached hydrogen (secondary N) is 1. The number of halogens is 1. The topological polar surface area (TPSA) is 38.3 Å². The summed E-state index contributed by atoms with van der Waals surface area (Å²) in [5.74, 6) is 0.422. The van der Waals surface area contributed by atoms with Crippen LogP contribution in [0.15, 0.2) is 0 Å². The van der Waals surface area contributed by atoms with E-state index in [2.05, 4.69) is 35.1 Å². The van der Waals surface area contributed by atoms with Crippen molar-refractivity contribution in [1.29, 1.82) is 0 Å². The van der Waals surface area contributed by atoms with E-state index in [4.69, 9.17) is 4.74 Å². The van der Waals surface area contributed by atoms with E-state index >= 15 is 0 Å². The molecule has 0 spiro atoms. The lowest BCUT2D eigenvalue weighted by atomic mass is 9.89. The van der Waals surface area contributed by atoms with Crippen molar-refractivity contribution in [3.05, 3.63) is 0 Å². The van der Waals surface area contributed by atoms with Crippen LogP contribution in [0.25, 0.3) is 0 Å². The van der Waals surface area contributed by atoms with Gasteiger partial charge in [0.05, 0.1) is 18.1 Å². The molecule has 1 heterocycles. The van der Waals surface area contributed by atoms with E-state index in [0.29, 0.717) is 17.3 Å². The summed E-state index contributed by atoms with van der Waals surface area (Å²) >= 11 is 3.57. The Morgan fingerprint density at radius 2 is 2.00 bits per heavy atom. The average molecular weight is 306 g/mol. The molecule has 1 aliphatic heterocycles. The lowest BCUT2D eigenvalue weighted by molar-refractivity contribution is -0.127. The molecule has 1 saturated heterocycles. The summed E-state index contributed by atoms with van der Waals surface area (Å²) in [6.07, 6.45) is 2.42. The van der Waals surface area contributed by atoms with Gasteiger partial charge in [-0.3, -0.25) is 4.79 Å². The molecule has 0 saturated carbocycles. The number of hydrogen-bond acceptors (Lipinski definition) is 2. The van der Waals surface area contributed by atoms with Gasteiger partial charge in [0.1, 0.15) is 0 Å². The summed E-state index contributed by atoms with van der Waals surface area (Å²) in [6.45, 7) is 8.97. The predicted molar refractivity (Wildman–Crippen MR) is 73.3 cm³/mol. The van der Waals surface area contributed by atoms with E-state index in [1.807, 2.05) is 13.8 Å². The van der Waals surface area contributed by atoms with Crippen LogP contribution in [0.2, 0.25) is 0 Å². The van der Waals surface area contributed by atoms with Crippen molar-refractivity contribution in [2.75, 3.05) is 6.54 Å². The first-order valence-electron chi connectivity index (χ1n) is 6.54. The van der Waals surface area contributed by atoms with Gasteiger partial charge in [-0.1, -0.05) is 36.2 Å². The van der Waals surface area contributed by atoms with Gasteiger partial charge in [0.2, 0.25) is 5.91 Å². The highest BCUT2D eigenvalue weighted by molar-refractivity contribution is 9.09. The molecule has 1 rings (SSSR count). The summed E-state index contributed by atoms with van der Waals surface area (Å²) in [6, 6.07) is 0. The van der Waals surface area contributed by atoms with Gasteiger partial charge in [0, 0.05) is 11.4 Å². The van der Waals surface area contributed by atoms with Crippen LogP contribution in [0.4, 0.5) is 0 Å². The summed E-state index contributed by atoms with van der Waals surface area (Å²) < 4.78 is 5.69. The van der Waals surface area contributed by atoms with Gasteiger partial charge < -0.3 is 10.1 Å². The fourth-order valence-electron chi connectivity index (χ4n) is 2.46. The molecule has 3 nitrogen and oxygen atoms in total. The molecular formula is C13H24BrNO2. The van der Waals surface area contributed by atoms with Gasteiger partial charge in [0.25, 0.3) is 0 Å². The molecule has 0 aliphatic carbocycles. The lowest BCUT2D eigenvalue weighted by Gasteiger charge is -2.19. The Labute approximate surface area is 113 Å². The third-order valence-corrected chi connectivity index (χ3v) is 4.43. The zero-order valence-electron chi connectivity index (χ0n) is 11.2. The van der Waals surface area contributed by atoms with Gasteiger partial charge in [-0.15, -0.1) is 0 Å². The molecule has 0 aromatic carbocycles. The lowest BCUT2D eigenvalue weighted by Crippen LogP contribution is -2.39. The molecule has 0 radical (unpaired) electrons. The number of carbonyl (C=O) groups is 1. The maximum absolute atomic E-state index is 12.1. The van der Waals surface area contributed by atoms with Crippen molar-refractivity contribution < 1.29 is 9.53 Å². The van der Waals surface area contributed by atoms with E-state index in [-0.39, 0.29) is 24.0 Å². The van der Waals surface area contributed by atoms with Crippen molar-refractivity contribution in [2.24, 2.45) is 11.8 Å². The largest absolute Gasteiger partial charge is 0.374 e. The maximum Gasteiger partial charge on any atom is 0.226 e. The number of rotatable bonds is 5. The quantitative estimate of drug-likeness (QED) is 0.793. The highest BCUT2D eigenvalue weighted by atomic mass is 79.9. The minimum absolute atomic E-state index is 0.00803. The zero-order chi connectivity index (χ0) is 13.0. The molecule has 17 heavy (non-hydrogen) atoms. The highest BCUT2D eigenvalue weighted by Gasteiger charge is 2.41. The second kappa shape index (κ2) is 6.74. The third kappa shape index (κ3) is 3.95. The summed E-state index contributed by atoms with van der Waals surface area (Å²) in [5, 5.41) is 3.02. The van der Waals surface area contributed by atoms with Crippen molar-refractivity contribution in [3.8, 4) is 0 Å². The van der Waals surface area contributed by atoms with Gasteiger partial charge in [-0.05, 0) is 26.2 Å². The van der Waals surface area contributed by atoms with Gasteiger partial charge in [0.15, 0.2) is 0 Å². The highest BCUT2D eigenvalue weighted by Crippen LogP contribution is 2.32. The van der Waals surface area contributed by atoms with E-state index < -0.39 is 0 Å². The van der Waals surface area contributed by atoms with Crippen LogP contribution in [0.1, 0.15) is 40.5 Å². The smallest absolute Gasteiger partial charge is 0.226 e. The fourth-order valence-corrected chi connectivity index (χ4v) is 3.08. The summed E-state index contributed by atoms with van der Waals surface area (Å²) in [5.41, 5.74) is 0. The first-order valence-corrected chi connectivity index (χ1v) is 7.46. The molecule has 0 aromatic heterocycles. The van der Waals surface area contributed by atoms with E-state index in [1.54, 1.807) is 0 Å². The SMILES string of the molecule is CCCC(Br)CNC(=O)C1C(C)OC(C)C1C. The monoisotopic (exact) mass is 305 g/mol. The standard InChI is InChI=1S/C13H24BrNO2/c1-5-6-11(14)7-15-13(16)12-8(2)9(3)17-10(12)4/h8-12H,5-7H2,1-4H3,(H,15,16). The number of carbonyl (C=O) groups excluding carboxylic acids is 1. The number of ether oxygens (including phenoxy) is 1. The first kappa shape index (κ1) is 15.0. The minimum Gasteiger partial charge on any atom is -0.374 e. The van der Waals surface area contributed by atoms with Crippen LogP contribution in [0.3, 0.4) is 0 Å². The molecule has 1 amide bonds. The Morgan fingerprint density at radius 3 is 2.47 bits per heavy atom. The van der Waals surface area contributed by atoms with Crippen LogP contribution in [-0.2, 0) is 9.53 Å². The Balaban J connectivity index is 2.42. The molecule has 1 fully saturated rings. The van der Waals surface area contributed by atoms with Crippen LogP contribution in [0.5, 0.6) is 0 Å². The van der Waals surface area contributed by atoms with Crippen LogP contribution in [0, 0.1) is 11.8 Å². The van der Waals surface area contributed by atoms with Crippen molar-refractivity contribution in [2.45, 2.75) is 57.6 Å². The Morgan fingerprint density at radius 1 is 1.35 bits per heavy atom. The fraction of sp³-hybridized carbons (Fsp3) is 0.923. The third-order valence-electron chi connectivity index (χ3n) is 3.64. The van der Waals surface area contributed by atoms with Crippen molar-refractivity contribution in [3.63, 3.8) is 0 Å². The Hall–Kier alpha value is -0.0900. The Kier molecular flexibility index (Phi) is 5.93. The summed E-state index contributed by atoms with van der Waals surface area (Å²) in [7, 11) is 0. The molecule has 1 N–H and O–H groups in total. The normalized spacial score (nSPS) is 34.6. The molecule has 5 atom stereocenters. The molecule has 1 aliphatic rings. The predicted octanol–water partition coefficient (Wildman–Crippen LogP) is 2.73. The maximum atomic E-state index is 12.1. The molecule has 5 unspecified atom stereocenters. The average Bonchev–Trinajstić information content (AvgIpc) is 2.50. The van der Waals surface area contributed by atoms with Crippen LogP contribution < -0.4 is 5.32 Å². The molecular weight excluding hydrogens is 282 g/mol. The molecule has 0 aromatic rings. The Bertz CT molecular complexity index is 260. The van der Waals surface area contributed by atoms with Crippen LogP contribution in [-0.4, -0.2) is 29.5 Å². The number of hydrogen-bond donors (Lipinski definition) is 1. The molecule has 4 heteroatoms. The first-order chi connectivity index (χ1) is 7.97. The van der Waals surface area contributed by atoms with Gasteiger partial charge in [-0.2, -0.15) is 0 Å². The van der Waals surface area contributed by atoms with Crippen molar-refractivity contribution in [1.82, 2.24) is 5.32 Å². The van der Waals surface area contributed by atoms with Gasteiger partial charge >= 0.3 is 0 Å². The molecule has 0 bridgehead atoms. The van der Waals surface area contributed by atoms with Crippen molar-refractivity contribution >= 4 is 21.8 Å². The van der Waals surface area contributed by atoms with Crippen LogP contribution >= 0.6 is 15.9 Å². The second-order valence-electron chi connectivity index (χ2n) is 5.06. The van der Waals surface area contributed by atoms with E-state index in [9.17, 15) is 4.79 Å². The zero-order valence-corrected chi connectivity index (χ0v) is 12.8. The second-order valence-corrected chi connectivity index (χ2v) is 6.36. The molecule has 100 valence electrons. The van der Waals surface area contributed by atoms with E-state index in [1.165, 1.54) is 0 Å². The van der Waals surface area contributed by atoms with E-state index in [0.717, 1.165) is 12.8 Å². The summed E-state index contributed by atoms with van der Waals surface area (Å²) in [4.78, 5) is 12.5. The number of alkyl halides is 1.